The fraction of sp³-hybridized carbons (Fsp3) is 0.600. The lowest BCUT2D eigenvalue weighted by atomic mass is 9.81. The molecule has 1 aromatic carbocycles. The molecule has 1 saturated carbocycles. The van der Waals surface area contributed by atoms with Crippen LogP contribution in [0.1, 0.15) is 49.3 Å². The molecule has 1 fully saturated rings. The number of aliphatic hydroxyl groups excluding tert-OH is 1. The maximum atomic E-state index is 13.1. The van der Waals surface area contributed by atoms with Crippen LogP contribution in [0.5, 0.6) is 0 Å². The molecule has 1 aliphatic rings. The van der Waals surface area contributed by atoms with Gasteiger partial charge in [0.15, 0.2) is 0 Å². The van der Waals surface area contributed by atoms with Crippen molar-refractivity contribution < 1.29 is 9.50 Å². The second-order valence-electron chi connectivity index (χ2n) is 5.42. The first-order chi connectivity index (χ1) is 8.59. The molecule has 0 saturated heterocycles. The first-order valence-electron chi connectivity index (χ1n) is 6.79. The van der Waals surface area contributed by atoms with Crippen molar-refractivity contribution in [3.05, 3.63) is 35.1 Å². The van der Waals surface area contributed by atoms with Crippen LogP contribution in [0.15, 0.2) is 18.2 Å². The third kappa shape index (κ3) is 3.91. The van der Waals surface area contributed by atoms with Gasteiger partial charge in [0.25, 0.3) is 0 Å². The zero-order chi connectivity index (χ0) is 13.1. The summed E-state index contributed by atoms with van der Waals surface area (Å²) in [6.45, 7) is 1.84. The summed E-state index contributed by atoms with van der Waals surface area (Å²) in [5.41, 5.74) is 7.82. The molecule has 0 heterocycles. The van der Waals surface area contributed by atoms with E-state index in [0.717, 1.165) is 24.0 Å². The molecule has 1 aromatic rings. The Hall–Kier alpha value is -0.640. The van der Waals surface area contributed by atoms with Crippen LogP contribution in [-0.4, -0.2) is 11.2 Å². The summed E-state index contributed by atoms with van der Waals surface area (Å²) in [7, 11) is 0. The van der Waals surface area contributed by atoms with Crippen molar-refractivity contribution in [3.8, 4) is 0 Å². The van der Waals surface area contributed by atoms with Gasteiger partial charge in [0.05, 0.1) is 12.1 Å². The highest BCUT2D eigenvalue weighted by Crippen LogP contribution is 2.32. The van der Waals surface area contributed by atoms with Gasteiger partial charge < -0.3 is 10.8 Å². The molecule has 4 heteroatoms. The van der Waals surface area contributed by atoms with Crippen LogP contribution in [-0.2, 0) is 0 Å². The van der Waals surface area contributed by atoms with Crippen molar-refractivity contribution >= 4 is 12.4 Å². The van der Waals surface area contributed by atoms with E-state index in [9.17, 15) is 9.50 Å². The molecule has 2 nitrogen and oxygen atoms in total. The molecule has 2 atom stereocenters. The normalized spacial score (nSPS) is 19.6. The molecule has 0 unspecified atom stereocenters. The van der Waals surface area contributed by atoms with Crippen LogP contribution in [0.3, 0.4) is 0 Å². The quantitative estimate of drug-likeness (QED) is 0.894. The maximum Gasteiger partial charge on any atom is 0.123 e. The van der Waals surface area contributed by atoms with Gasteiger partial charge in [0.1, 0.15) is 5.82 Å². The third-order valence-corrected chi connectivity index (χ3v) is 4.09. The van der Waals surface area contributed by atoms with E-state index in [0.29, 0.717) is 5.92 Å². The van der Waals surface area contributed by atoms with Crippen LogP contribution < -0.4 is 5.73 Å². The second-order valence-corrected chi connectivity index (χ2v) is 5.42. The maximum absolute atomic E-state index is 13.1. The molecule has 108 valence electrons. The standard InChI is InChI=1S/C15H22FNO.ClH/c1-10-9-12(16)7-8-13(10)14(17)15(18)11-5-3-2-4-6-11;/h7-9,11,14-15,18H,2-6,17H2,1H3;1H/t14-,15+;/m0./s1. The van der Waals surface area contributed by atoms with Crippen molar-refractivity contribution in [2.45, 2.75) is 51.2 Å². The summed E-state index contributed by atoms with van der Waals surface area (Å²) in [5, 5.41) is 10.4. The summed E-state index contributed by atoms with van der Waals surface area (Å²) in [5.74, 6) is 0.0359. The molecule has 3 N–H and O–H groups in total. The number of rotatable bonds is 3. The van der Waals surface area contributed by atoms with E-state index in [1.807, 2.05) is 6.92 Å². The Morgan fingerprint density at radius 1 is 1.26 bits per heavy atom. The Balaban J connectivity index is 0.00000180. The van der Waals surface area contributed by atoms with Gasteiger partial charge in [-0.2, -0.15) is 0 Å². The van der Waals surface area contributed by atoms with E-state index >= 15 is 0 Å². The zero-order valence-corrected chi connectivity index (χ0v) is 12.1. The molecule has 0 aromatic heterocycles. The summed E-state index contributed by atoms with van der Waals surface area (Å²) in [6, 6.07) is 4.17. The molecular formula is C15H23ClFNO. The number of hydrogen-bond acceptors (Lipinski definition) is 2. The van der Waals surface area contributed by atoms with E-state index in [2.05, 4.69) is 0 Å². The summed E-state index contributed by atoms with van der Waals surface area (Å²) in [6.07, 6.45) is 5.20. The van der Waals surface area contributed by atoms with E-state index in [1.165, 1.54) is 31.4 Å². The first kappa shape index (κ1) is 16.4. The van der Waals surface area contributed by atoms with Crippen LogP contribution in [0, 0.1) is 18.7 Å². The average molecular weight is 288 g/mol. The van der Waals surface area contributed by atoms with Crippen LogP contribution in [0.2, 0.25) is 0 Å². The molecule has 2 rings (SSSR count). The van der Waals surface area contributed by atoms with Gasteiger partial charge in [-0.05, 0) is 48.9 Å². The van der Waals surface area contributed by atoms with Crippen LogP contribution in [0.4, 0.5) is 4.39 Å². The van der Waals surface area contributed by atoms with Gasteiger partial charge in [-0.1, -0.05) is 25.3 Å². The lowest BCUT2D eigenvalue weighted by molar-refractivity contribution is 0.0616. The molecule has 19 heavy (non-hydrogen) atoms. The Bertz CT molecular complexity index is 407. The number of hydrogen-bond donors (Lipinski definition) is 2. The van der Waals surface area contributed by atoms with Gasteiger partial charge in [0.2, 0.25) is 0 Å². The Morgan fingerprint density at radius 3 is 2.47 bits per heavy atom. The number of nitrogens with two attached hydrogens (primary N) is 1. The summed E-state index contributed by atoms with van der Waals surface area (Å²) >= 11 is 0. The smallest absolute Gasteiger partial charge is 0.123 e. The van der Waals surface area contributed by atoms with Gasteiger partial charge in [0, 0.05) is 0 Å². The fourth-order valence-electron chi connectivity index (χ4n) is 2.97. The molecule has 0 bridgehead atoms. The van der Waals surface area contributed by atoms with Crippen molar-refractivity contribution in [1.82, 2.24) is 0 Å². The largest absolute Gasteiger partial charge is 0.391 e. The molecule has 0 amide bonds. The molecule has 0 radical (unpaired) electrons. The van der Waals surface area contributed by atoms with E-state index < -0.39 is 12.1 Å². The minimum atomic E-state index is -0.519. The van der Waals surface area contributed by atoms with Crippen molar-refractivity contribution in [1.29, 1.82) is 0 Å². The Kier molecular flexibility index (Phi) is 6.24. The topological polar surface area (TPSA) is 46.2 Å². The lowest BCUT2D eigenvalue weighted by Gasteiger charge is -2.31. The monoisotopic (exact) mass is 287 g/mol. The SMILES string of the molecule is Cc1cc(F)ccc1[C@H](N)[C@H](O)C1CCCCC1.Cl. The highest BCUT2D eigenvalue weighted by molar-refractivity contribution is 5.85. The molecule has 0 spiro atoms. The number of benzene rings is 1. The Labute approximate surface area is 120 Å². The summed E-state index contributed by atoms with van der Waals surface area (Å²) in [4.78, 5) is 0. The molecular weight excluding hydrogens is 265 g/mol. The van der Waals surface area contributed by atoms with Crippen LogP contribution in [0.25, 0.3) is 0 Å². The highest BCUT2D eigenvalue weighted by Gasteiger charge is 2.28. The fourth-order valence-corrected chi connectivity index (χ4v) is 2.97. The number of aryl methyl sites for hydroxylation is 1. The van der Waals surface area contributed by atoms with Crippen molar-refractivity contribution in [2.24, 2.45) is 11.7 Å². The minimum Gasteiger partial charge on any atom is -0.391 e. The second kappa shape index (κ2) is 7.22. The lowest BCUT2D eigenvalue weighted by Crippen LogP contribution is -2.34. The first-order valence-corrected chi connectivity index (χ1v) is 6.79. The number of aliphatic hydroxyl groups is 1. The van der Waals surface area contributed by atoms with Gasteiger partial charge in [-0.25, -0.2) is 4.39 Å². The average Bonchev–Trinajstić information content (AvgIpc) is 2.38. The predicted molar refractivity (Wildman–Crippen MR) is 77.9 cm³/mol. The van der Waals surface area contributed by atoms with Crippen molar-refractivity contribution in [2.75, 3.05) is 0 Å². The van der Waals surface area contributed by atoms with Gasteiger partial charge in [-0.3, -0.25) is 0 Å². The van der Waals surface area contributed by atoms with E-state index in [-0.39, 0.29) is 18.2 Å². The minimum absolute atomic E-state index is 0. The van der Waals surface area contributed by atoms with Gasteiger partial charge in [-0.15, -0.1) is 12.4 Å². The molecule has 0 aliphatic heterocycles. The number of halogens is 2. The van der Waals surface area contributed by atoms with Crippen molar-refractivity contribution in [3.63, 3.8) is 0 Å². The predicted octanol–water partition coefficient (Wildman–Crippen LogP) is 3.50. The van der Waals surface area contributed by atoms with E-state index in [1.54, 1.807) is 6.07 Å². The zero-order valence-electron chi connectivity index (χ0n) is 11.3. The van der Waals surface area contributed by atoms with E-state index in [4.69, 9.17) is 5.73 Å². The third-order valence-electron chi connectivity index (χ3n) is 4.09. The highest BCUT2D eigenvalue weighted by atomic mass is 35.5. The molecule has 1 aliphatic carbocycles. The summed E-state index contributed by atoms with van der Waals surface area (Å²) < 4.78 is 13.1. The van der Waals surface area contributed by atoms with Gasteiger partial charge >= 0.3 is 0 Å². The van der Waals surface area contributed by atoms with Crippen LogP contribution >= 0.6 is 12.4 Å². The Morgan fingerprint density at radius 2 is 1.89 bits per heavy atom.